The molecule has 0 fully saturated rings. The van der Waals surface area contributed by atoms with Gasteiger partial charge in [0.05, 0.1) is 0 Å². The van der Waals surface area contributed by atoms with Crippen LogP contribution in [0, 0.1) is 17.7 Å². The molecule has 1 N–H and O–H groups in total. The minimum absolute atomic E-state index is 0.170. The van der Waals surface area contributed by atoms with Crippen LogP contribution in [0.25, 0.3) is 0 Å². The van der Waals surface area contributed by atoms with Crippen LogP contribution in [0.5, 0.6) is 5.75 Å². The van der Waals surface area contributed by atoms with E-state index in [4.69, 9.17) is 9.84 Å². The molecule has 0 radical (unpaired) electrons. The molecule has 0 aromatic heterocycles. The van der Waals surface area contributed by atoms with Gasteiger partial charge in [-0.15, -0.1) is 0 Å². The number of rotatable bonds is 3. The molecule has 2 aromatic rings. The smallest absolute Gasteiger partial charge is 0.131 e. The highest BCUT2D eigenvalue weighted by Gasteiger charge is 2.03. The molecular formula is C16H13FO2. The van der Waals surface area contributed by atoms with E-state index < -0.39 is 0 Å². The van der Waals surface area contributed by atoms with Crippen LogP contribution < -0.4 is 4.74 Å². The van der Waals surface area contributed by atoms with E-state index in [0.717, 1.165) is 0 Å². The van der Waals surface area contributed by atoms with Crippen molar-refractivity contribution in [1.29, 1.82) is 0 Å². The molecule has 0 unspecified atom stereocenters. The summed E-state index contributed by atoms with van der Waals surface area (Å²) in [7, 11) is 0. The van der Waals surface area contributed by atoms with E-state index >= 15 is 0 Å². The van der Waals surface area contributed by atoms with Crippen LogP contribution in [0.3, 0.4) is 0 Å². The maximum atomic E-state index is 13.8. The summed E-state index contributed by atoms with van der Waals surface area (Å²) in [5.41, 5.74) is 1.01. The first-order valence-electron chi connectivity index (χ1n) is 5.85. The van der Waals surface area contributed by atoms with Gasteiger partial charge >= 0.3 is 0 Å². The number of halogens is 1. The molecule has 19 heavy (non-hydrogen) atoms. The van der Waals surface area contributed by atoms with Crippen molar-refractivity contribution in [1.82, 2.24) is 0 Å². The molecule has 0 amide bonds. The van der Waals surface area contributed by atoms with Crippen LogP contribution >= 0.6 is 0 Å². The lowest BCUT2D eigenvalue weighted by molar-refractivity contribution is 0.300. The highest BCUT2D eigenvalue weighted by molar-refractivity contribution is 5.37. The first-order chi connectivity index (χ1) is 9.29. The normalized spacial score (nSPS) is 9.58. The van der Waals surface area contributed by atoms with Gasteiger partial charge in [0.15, 0.2) is 0 Å². The van der Waals surface area contributed by atoms with Gasteiger partial charge in [-0.05, 0) is 24.3 Å². The Morgan fingerprint density at radius 3 is 2.58 bits per heavy atom. The van der Waals surface area contributed by atoms with Gasteiger partial charge in [-0.3, -0.25) is 0 Å². The van der Waals surface area contributed by atoms with Gasteiger partial charge in [0.2, 0.25) is 0 Å². The number of ether oxygens (including phenoxy) is 1. The monoisotopic (exact) mass is 256 g/mol. The summed E-state index contributed by atoms with van der Waals surface area (Å²) in [5, 5.41) is 8.57. The van der Waals surface area contributed by atoms with Crippen LogP contribution in [0.15, 0.2) is 48.5 Å². The SMILES string of the molecule is OCC#Cc1ccc(COc2ccccc2)c(F)c1. The summed E-state index contributed by atoms with van der Waals surface area (Å²) in [4.78, 5) is 0. The van der Waals surface area contributed by atoms with Crippen molar-refractivity contribution in [2.24, 2.45) is 0 Å². The number of hydrogen-bond acceptors (Lipinski definition) is 2. The molecule has 96 valence electrons. The standard InChI is InChI=1S/C16H13FO2/c17-16-11-13(5-4-10-18)8-9-14(16)12-19-15-6-2-1-3-7-15/h1-3,6-9,11,18H,10,12H2. The first kappa shape index (κ1) is 13.1. The highest BCUT2D eigenvalue weighted by atomic mass is 19.1. The maximum Gasteiger partial charge on any atom is 0.131 e. The van der Waals surface area contributed by atoms with Gasteiger partial charge in [0.1, 0.15) is 24.8 Å². The third kappa shape index (κ3) is 3.84. The summed E-state index contributed by atoms with van der Waals surface area (Å²) in [6.45, 7) is -0.0654. The first-order valence-corrected chi connectivity index (χ1v) is 5.85. The van der Waals surface area contributed by atoms with E-state index in [1.54, 1.807) is 12.1 Å². The minimum atomic E-state index is -0.360. The van der Waals surface area contributed by atoms with Crippen molar-refractivity contribution in [3.05, 3.63) is 65.5 Å². The number of aliphatic hydroxyl groups is 1. The molecule has 0 spiro atoms. The molecule has 3 heteroatoms. The Labute approximate surface area is 111 Å². The minimum Gasteiger partial charge on any atom is -0.489 e. The third-order valence-corrected chi connectivity index (χ3v) is 2.50. The fourth-order valence-electron chi connectivity index (χ4n) is 1.56. The zero-order valence-corrected chi connectivity index (χ0v) is 10.3. The van der Waals surface area contributed by atoms with Crippen LogP contribution in [0.2, 0.25) is 0 Å². The van der Waals surface area contributed by atoms with Crippen molar-refractivity contribution >= 4 is 0 Å². The van der Waals surface area contributed by atoms with Crippen LogP contribution in [-0.4, -0.2) is 11.7 Å². The molecule has 0 atom stereocenters. The third-order valence-electron chi connectivity index (χ3n) is 2.50. The topological polar surface area (TPSA) is 29.5 Å². The average Bonchev–Trinajstić information content (AvgIpc) is 2.45. The Hall–Kier alpha value is -2.31. The van der Waals surface area contributed by atoms with E-state index in [0.29, 0.717) is 16.9 Å². The predicted molar refractivity (Wildman–Crippen MR) is 71.1 cm³/mol. The Kier molecular flexibility index (Phi) is 4.54. The number of benzene rings is 2. The fourth-order valence-corrected chi connectivity index (χ4v) is 1.56. The molecule has 0 bridgehead atoms. The van der Waals surface area contributed by atoms with Crippen LogP contribution in [-0.2, 0) is 6.61 Å². The molecule has 0 saturated carbocycles. The van der Waals surface area contributed by atoms with Gasteiger partial charge in [-0.2, -0.15) is 0 Å². The molecular weight excluding hydrogens is 243 g/mol. The summed E-state index contributed by atoms with van der Waals surface area (Å²) in [5.74, 6) is 5.47. The second kappa shape index (κ2) is 6.58. The van der Waals surface area contributed by atoms with Gasteiger partial charge in [0, 0.05) is 11.1 Å². The molecule has 2 aromatic carbocycles. The largest absolute Gasteiger partial charge is 0.489 e. The Morgan fingerprint density at radius 2 is 1.89 bits per heavy atom. The Balaban J connectivity index is 2.05. The molecule has 0 heterocycles. The van der Waals surface area contributed by atoms with E-state index in [1.165, 1.54) is 6.07 Å². The van der Waals surface area contributed by atoms with Crippen molar-refractivity contribution < 1.29 is 14.2 Å². The van der Waals surface area contributed by atoms with E-state index in [1.807, 2.05) is 30.3 Å². The van der Waals surface area contributed by atoms with Crippen LogP contribution in [0.1, 0.15) is 11.1 Å². The van der Waals surface area contributed by atoms with Gasteiger partial charge in [-0.25, -0.2) is 4.39 Å². The number of hydrogen-bond donors (Lipinski definition) is 1. The molecule has 0 saturated heterocycles. The highest BCUT2D eigenvalue weighted by Crippen LogP contribution is 2.14. The molecule has 0 aliphatic carbocycles. The zero-order valence-electron chi connectivity index (χ0n) is 10.3. The second-order valence-electron chi connectivity index (χ2n) is 3.87. The predicted octanol–water partition coefficient (Wildman–Crippen LogP) is 2.75. The number of para-hydroxylation sites is 1. The summed E-state index contributed by atoms with van der Waals surface area (Å²) in [6.07, 6.45) is 0. The lowest BCUT2D eigenvalue weighted by Crippen LogP contribution is -1.98. The van der Waals surface area contributed by atoms with Crippen molar-refractivity contribution in [2.45, 2.75) is 6.61 Å². The van der Waals surface area contributed by atoms with Gasteiger partial charge in [-0.1, -0.05) is 36.1 Å². The van der Waals surface area contributed by atoms with Gasteiger partial charge < -0.3 is 9.84 Å². The van der Waals surface area contributed by atoms with E-state index in [-0.39, 0.29) is 19.0 Å². The summed E-state index contributed by atoms with van der Waals surface area (Å²) < 4.78 is 19.2. The average molecular weight is 256 g/mol. The van der Waals surface area contributed by atoms with Crippen LogP contribution in [0.4, 0.5) is 4.39 Å². The lowest BCUT2D eigenvalue weighted by Gasteiger charge is -2.07. The number of aliphatic hydroxyl groups excluding tert-OH is 1. The molecule has 2 rings (SSSR count). The van der Waals surface area contributed by atoms with Crippen molar-refractivity contribution in [3.63, 3.8) is 0 Å². The van der Waals surface area contributed by atoms with Gasteiger partial charge in [0.25, 0.3) is 0 Å². The van der Waals surface area contributed by atoms with E-state index in [2.05, 4.69) is 11.8 Å². The maximum absolute atomic E-state index is 13.8. The Bertz CT molecular complexity index is 597. The molecule has 0 aliphatic heterocycles. The second-order valence-corrected chi connectivity index (χ2v) is 3.87. The zero-order chi connectivity index (χ0) is 13.5. The fraction of sp³-hybridized carbons (Fsp3) is 0.125. The van der Waals surface area contributed by atoms with Crippen molar-refractivity contribution in [2.75, 3.05) is 6.61 Å². The molecule has 2 nitrogen and oxygen atoms in total. The Morgan fingerprint density at radius 1 is 1.11 bits per heavy atom. The van der Waals surface area contributed by atoms with Crippen molar-refractivity contribution in [3.8, 4) is 17.6 Å². The summed E-state index contributed by atoms with van der Waals surface area (Å²) >= 11 is 0. The molecule has 0 aliphatic rings. The quantitative estimate of drug-likeness (QED) is 0.856. The lowest BCUT2D eigenvalue weighted by atomic mass is 10.1. The summed E-state index contributed by atoms with van der Waals surface area (Å²) in [6, 6.07) is 13.9. The van der Waals surface area contributed by atoms with E-state index in [9.17, 15) is 4.39 Å².